The summed E-state index contributed by atoms with van der Waals surface area (Å²) in [6.45, 7) is 4.96. The number of hydrogen-bond acceptors (Lipinski definition) is 5. The van der Waals surface area contributed by atoms with E-state index in [1.165, 1.54) is 295 Å². The van der Waals surface area contributed by atoms with E-state index in [-0.39, 0.29) is 18.5 Å². The van der Waals surface area contributed by atoms with E-state index in [0.29, 0.717) is 25.9 Å². The molecule has 0 saturated heterocycles. The third kappa shape index (κ3) is 63.5. The van der Waals surface area contributed by atoms with Crippen molar-refractivity contribution in [1.82, 2.24) is 5.32 Å². The lowest BCUT2D eigenvalue weighted by atomic mass is 10.0. The van der Waals surface area contributed by atoms with Crippen molar-refractivity contribution in [2.75, 3.05) is 13.2 Å². The molecule has 2 atom stereocenters. The van der Waals surface area contributed by atoms with Gasteiger partial charge in [-0.2, -0.15) is 0 Å². The number of carbonyl (C=O) groups is 2. The Labute approximate surface area is 488 Å². The van der Waals surface area contributed by atoms with E-state index in [4.69, 9.17) is 4.74 Å². The predicted octanol–water partition coefficient (Wildman–Crippen LogP) is 22.9. The van der Waals surface area contributed by atoms with Crippen molar-refractivity contribution in [3.05, 3.63) is 24.3 Å². The average molecular weight is 1100 g/mol. The van der Waals surface area contributed by atoms with Gasteiger partial charge in [0.05, 0.1) is 25.4 Å². The molecule has 0 bridgehead atoms. The highest BCUT2D eigenvalue weighted by molar-refractivity contribution is 5.76. The number of carbonyl (C=O) groups excluding carboxylic acids is 2. The minimum absolute atomic E-state index is 0.00776. The smallest absolute Gasteiger partial charge is 0.305 e. The van der Waals surface area contributed by atoms with E-state index in [2.05, 4.69) is 43.5 Å². The lowest BCUT2D eigenvalue weighted by molar-refractivity contribution is -0.143. The molecule has 0 aromatic carbocycles. The number of ether oxygens (including phenoxy) is 1. The number of rotatable bonds is 67. The van der Waals surface area contributed by atoms with Gasteiger partial charge in [-0.1, -0.05) is 353 Å². The number of aliphatic hydroxyl groups is 2. The fourth-order valence-corrected chi connectivity index (χ4v) is 11.3. The molecule has 0 aromatic heterocycles. The zero-order chi connectivity index (χ0) is 56.4. The quantitative estimate of drug-likeness (QED) is 0.0320. The SMILES string of the molecule is CCCCCCCCCCCCCCCCCCCCCCCCCCC(O)C(CO)NC(=O)CCCCCCCCCCCC/C=C\C=C/CCCCCOC(=O)CCCCCCCCCCCCCCCCCCCC. The summed E-state index contributed by atoms with van der Waals surface area (Å²) < 4.78 is 5.48. The Balaban J connectivity index is 3.44. The maximum Gasteiger partial charge on any atom is 0.305 e. The first-order chi connectivity index (χ1) is 38.5. The first kappa shape index (κ1) is 76.3. The van der Waals surface area contributed by atoms with Gasteiger partial charge < -0.3 is 20.3 Å². The van der Waals surface area contributed by atoms with Crippen LogP contribution in [0.3, 0.4) is 0 Å². The maximum atomic E-state index is 12.6. The zero-order valence-corrected chi connectivity index (χ0v) is 52.9. The Hall–Kier alpha value is -1.66. The summed E-state index contributed by atoms with van der Waals surface area (Å²) in [6.07, 6.45) is 85.1. The number of esters is 1. The van der Waals surface area contributed by atoms with Crippen LogP contribution in [-0.4, -0.2) is 47.4 Å². The van der Waals surface area contributed by atoms with Crippen molar-refractivity contribution in [1.29, 1.82) is 0 Å². The highest BCUT2D eigenvalue weighted by Crippen LogP contribution is 2.19. The van der Waals surface area contributed by atoms with E-state index in [1.54, 1.807) is 0 Å². The van der Waals surface area contributed by atoms with Gasteiger partial charge in [0, 0.05) is 12.8 Å². The Morgan fingerprint density at radius 3 is 0.949 bits per heavy atom. The topological polar surface area (TPSA) is 95.9 Å². The standard InChI is InChI=1S/C72H139NO5/c1-3-5-7-9-11-13-15-17-19-21-23-24-25-26-27-29-32-36-40-44-48-52-56-60-64-70(75)69(68-74)73-71(76)65-61-57-53-49-45-41-37-33-30-28-31-35-39-43-47-51-55-59-63-67-78-72(77)66-62-58-54-50-46-42-38-34-22-20-18-16-14-12-10-8-6-4-2/h35,39,43,47,69-70,74-75H,3-34,36-38,40-42,44-46,48-68H2,1-2H3,(H,73,76)/b39-35-,47-43-. The van der Waals surface area contributed by atoms with Crippen LogP contribution in [0.5, 0.6) is 0 Å². The van der Waals surface area contributed by atoms with Crippen molar-refractivity contribution in [3.8, 4) is 0 Å². The summed E-state index contributed by atoms with van der Waals surface area (Å²) >= 11 is 0. The van der Waals surface area contributed by atoms with Gasteiger partial charge in [-0.05, 0) is 57.8 Å². The highest BCUT2D eigenvalue weighted by atomic mass is 16.5. The number of aliphatic hydroxyl groups excluding tert-OH is 2. The van der Waals surface area contributed by atoms with Crippen LogP contribution in [0.2, 0.25) is 0 Å². The van der Waals surface area contributed by atoms with Crippen molar-refractivity contribution >= 4 is 11.9 Å². The van der Waals surface area contributed by atoms with Crippen LogP contribution >= 0.6 is 0 Å². The summed E-state index contributed by atoms with van der Waals surface area (Å²) in [5.41, 5.74) is 0. The summed E-state index contributed by atoms with van der Waals surface area (Å²) in [4.78, 5) is 24.6. The lowest BCUT2D eigenvalue weighted by Crippen LogP contribution is -2.45. The molecule has 0 radical (unpaired) electrons. The first-order valence-electron chi connectivity index (χ1n) is 35.6. The number of allylic oxidation sites excluding steroid dienone is 4. The molecule has 0 aliphatic carbocycles. The molecule has 0 aliphatic rings. The van der Waals surface area contributed by atoms with Gasteiger partial charge in [-0.15, -0.1) is 0 Å². The van der Waals surface area contributed by atoms with E-state index < -0.39 is 12.1 Å². The van der Waals surface area contributed by atoms with Gasteiger partial charge in [-0.3, -0.25) is 9.59 Å². The molecule has 6 heteroatoms. The predicted molar refractivity (Wildman–Crippen MR) is 343 cm³/mol. The third-order valence-electron chi connectivity index (χ3n) is 16.8. The third-order valence-corrected chi connectivity index (χ3v) is 16.8. The zero-order valence-electron chi connectivity index (χ0n) is 52.9. The molecule has 0 aliphatic heterocycles. The minimum Gasteiger partial charge on any atom is -0.466 e. The molecule has 0 saturated carbocycles. The molecule has 0 fully saturated rings. The van der Waals surface area contributed by atoms with Gasteiger partial charge in [-0.25, -0.2) is 0 Å². The van der Waals surface area contributed by atoms with E-state index in [9.17, 15) is 19.8 Å². The Morgan fingerprint density at radius 1 is 0.359 bits per heavy atom. The van der Waals surface area contributed by atoms with Crippen LogP contribution < -0.4 is 5.32 Å². The van der Waals surface area contributed by atoms with Gasteiger partial charge in [0.15, 0.2) is 0 Å². The lowest BCUT2D eigenvalue weighted by Gasteiger charge is -2.22. The fourth-order valence-electron chi connectivity index (χ4n) is 11.3. The second-order valence-corrected chi connectivity index (χ2v) is 24.6. The van der Waals surface area contributed by atoms with Crippen LogP contribution in [0.1, 0.15) is 399 Å². The van der Waals surface area contributed by atoms with Gasteiger partial charge >= 0.3 is 5.97 Å². The molecule has 3 N–H and O–H groups in total. The summed E-state index contributed by atoms with van der Waals surface area (Å²) in [7, 11) is 0. The highest BCUT2D eigenvalue weighted by Gasteiger charge is 2.20. The second-order valence-electron chi connectivity index (χ2n) is 24.6. The van der Waals surface area contributed by atoms with E-state index in [0.717, 1.165) is 70.6 Å². The van der Waals surface area contributed by atoms with Crippen LogP contribution in [0, 0.1) is 0 Å². The summed E-state index contributed by atoms with van der Waals surface area (Å²) in [6, 6.07) is -0.551. The van der Waals surface area contributed by atoms with Crippen LogP contribution in [0.4, 0.5) is 0 Å². The van der Waals surface area contributed by atoms with E-state index >= 15 is 0 Å². The Morgan fingerprint density at radius 2 is 0.628 bits per heavy atom. The molecule has 0 rings (SSSR count). The molecule has 78 heavy (non-hydrogen) atoms. The number of nitrogens with one attached hydrogen (secondary N) is 1. The average Bonchev–Trinajstić information content (AvgIpc) is 3.44. The van der Waals surface area contributed by atoms with Gasteiger partial charge in [0.25, 0.3) is 0 Å². The Kier molecular flexibility index (Phi) is 66.4. The number of unbranched alkanes of at least 4 members (excludes halogenated alkanes) is 53. The monoisotopic (exact) mass is 1100 g/mol. The summed E-state index contributed by atoms with van der Waals surface area (Å²) in [5, 5.41) is 23.4. The molecular formula is C72H139NO5. The normalized spacial score (nSPS) is 12.6. The molecule has 1 amide bonds. The van der Waals surface area contributed by atoms with Crippen LogP contribution in [0.25, 0.3) is 0 Å². The van der Waals surface area contributed by atoms with Crippen molar-refractivity contribution < 1.29 is 24.5 Å². The molecular weight excluding hydrogens is 959 g/mol. The molecule has 0 aromatic rings. The number of hydrogen-bond donors (Lipinski definition) is 3. The molecule has 462 valence electrons. The number of amides is 1. The molecule has 2 unspecified atom stereocenters. The Bertz CT molecular complexity index is 1220. The molecule has 6 nitrogen and oxygen atoms in total. The maximum absolute atomic E-state index is 12.6. The molecule has 0 heterocycles. The van der Waals surface area contributed by atoms with Crippen LogP contribution in [0.15, 0.2) is 24.3 Å². The van der Waals surface area contributed by atoms with Gasteiger partial charge in [0.2, 0.25) is 5.91 Å². The fraction of sp³-hybridized carbons (Fsp3) is 0.917. The minimum atomic E-state index is -0.673. The van der Waals surface area contributed by atoms with Crippen molar-refractivity contribution in [3.63, 3.8) is 0 Å². The van der Waals surface area contributed by atoms with E-state index in [1.807, 2.05) is 0 Å². The second kappa shape index (κ2) is 67.8. The van der Waals surface area contributed by atoms with Gasteiger partial charge in [0.1, 0.15) is 0 Å². The van der Waals surface area contributed by atoms with Crippen molar-refractivity contribution in [2.24, 2.45) is 0 Å². The van der Waals surface area contributed by atoms with Crippen LogP contribution in [-0.2, 0) is 14.3 Å². The van der Waals surface area contributed by atoms with Crippen molar-refractivity contribution in [2.45, 2.75) is 411 Å². The molecule has 0 spiro atoms. The first-order valence-corrected chi connectivity index (χ1v) is 35.6. The largest absolute Gasteiger partial charge is 0.466 e. The summed E-state index contributed by atoms with van der Waals surface area (Å²) in [5.74, 6) is -0.0478.